The van der Waals surface area contributed by atoms with Crippen LogP contribution in [0.2, 0.25) is 0 Å². The van der Waals surface area contributed by atoms with E-state index in [9.17, 15) is 4.79 Å². The Morgan fingerprint density at radius 3 is 2.72 bits per heavy atom. The third kappa shape index (κ3) is 3.59. The molecule has 2 N–H and O–H groups in total. The van der Waals surface area contributed by atoms with Crippen molar-refractivity contribution in [3.8, 4) is 11.8 Å². The van der Waals surface area contributed by atoms with Crippen LogP contribution in [0.25, 0.3) is 0 Å². The number of hydrogen-bond donors (Lipinski definition) is 2. The highest BCUT2D eigenvalue weighted by molar-refractivity contribution is 5.94. The minimum absolute atomic E-state index is 0.0642. The van der Waals surface area contributed by atoms with Crippen LogP contribution in [0.3, 0.4) is 0 Å². The molecule has 4 heteroatoms. The van der Waals surface area contributed by atoms with Crippen molar-refractivity contribution in [2.45, 2.75) is 6.92 Å². The number of carbonyl (C=O) groups excluding carboxylic acids is 1. The number of likely N-dealkylation sites (N-methyl/N-ethyl adjacent to an activating group) is 1. The van der Waals surface area contributed by atoms with Gasteiger partial charge in [-0.1, -0.05) is 17.9 Å². The van der Waals surface area contributed by atoms with Gasteiger partial charge in [0.25, 0.3) is 5.91 Å². The van der Waals surface area contributed by atoms with Crippen molar-refractivity contribution < 1.29 is 15.0 Å². The lowest BCUT2D eigenvalue weighted by Crippen LogP contribution is -2.29. The number of aryl methyl sites for hydroxylation is 1. The van der Waals surface area contributed by atoms with Crippen LogP contribution in [-0.2, 0) is 0 Å². The molecule has 0 fully saturated rings. The summed E-state index contributed by atoms with van der Waals surface area (Å²) in [6.45, 7) is 1.92. The second-order valence-electron chi connectivity index (χ2n) is 3.94. The van der Waals surface area contributed by atoms with Crippen molar-refractivity contribution in [3.63, 3.8) is 0 Å². The maximum Gasteiger partial charge on any atom is 0.253 e. The molecule has 4 nitrogen and oxygen atoms in total. The van der Waals surface area contributed by atoms with E-state index in [-0.39, 0.29) is 19.1 Å². The van der Waals surface area contributed by atoms with E-state index in [2.05, 4.69) is 11.8 Å². The van der Waals surface area contributed by atoms with E-state index in [1.54, 1.807) is 19.2 Å². The summed E-state index contributed by atoms with van der Waals surface area (Å²) in [7, 11) is 1.64. The molecule has 0 aliphatic rings. The maximum atomic E-state index is 12.0. The SMILES string of the molecule is Cc1ccc(C(=O)N(C)CCO)cc1C#CCO. The third-order valence-corrected chi connectivity index (χ3v) is 2.57. The molecule has 0 atom stereocenters. The van der Waals surface area contributed by atoms with Crippen molar-refractivity contribution in [2.75, 3.05) is 26.8 Å². The zero-order valence-corrected chi connectivity index (χ0v) is 10.6. The molecular weight excluding hydrogens is 230 g/mol. The monoisotopic (exact) mass is 247 g/mol. The average Bonchev–Trinajstić information content (AvgIpc) is 2.37. The van der Waals surface area contributed by atoms with Gasteiger partial charge in [-0.2, -0.15) is 0 Å². The molecule has 1 amide bonds. The summed E-state index contributed by atoms with van der Waals surface area (Å²) in [6.07, 6.45) is 0. The van der Waals surface area contributed by atoms with E-state index in [0.29, 0.717) is 12.1 Å². The van der Waals surface area contributed by atoms with Crippen LogP contribution < -0.4 is 0 Å². The van der Waals surface area contributed by atoms with Gasteiger partial charge in [0, 0.05) is 24.7 Å². The van der Waals surface area contributed by atoms with Crippen molar-refractivity contribution >= 4 is 5.91 Å². The van der Waals surface area contributed by atoms with Gasteiger partial charge in [0.2, 0.25) is 0 Å². The summed E-state index contributed by atoms with van der Waals surface area (Å²) >= 11 is 0. The van der Waals surface area contributed by atoms with Gasteiger partial charge in [-0.15, -0.1) is 0 Å². The first kappa shape index (κ1) is 14.2. The van der Waals surface area contributed by atoms with E-state index in [4.69, 9.17) is 10.2 Å². The smallest absolute Gasteiger partial charge is 0.253 e. The lowest BCUT2D eigenvalue weighted by molar-refractivity contribution is 0.0767. The molecule has 1 aromatic carbocycles. The Morgan fingerprint density at radius 2 is 2.11 bits per heavy atom. The molecule has 0 radical (unpaired) electrons. The molecule has 0 spiro atoms. The van der Waals surface area contributed by atoms with Crippen molar-refractivity contribution in [2.24, 2.45) is 0 Å². The van der Waals surface area contributed by atoms with Crippen LogP contribution in [0.1, 0.15) is 21.5 Å². The van der Waals surface area contributed by atoms with E-state index in [1.807, 2.05) is 13.0 Å². The Labute approximate surface area is 107 Å². The molecule has 0 unspecified atom stereocenters. The number of carbonyl (C=O) groups is 1. The third-order valence-electron chi connectivity index (χ3n) is 2.57. The number of hydrogen-bond acceptors (Lipinski definition) is 3. The van der Waals surface area contributed by atoms with Crippen molar-refractivity contribution in [1.82, 2.24) is 4.90 Å². The first-order valence-corrected chi connectivity index (χ1v) is 5.67. The van der Waals surface area contributed by atoms with Crippen molar-refractivity contribution in [3.05, 3.63) is 34.9 Å². The summed E-state index contributed by atoms with van der Waals surface area (Å²) in [5.41, 5.74) is 2.21. The Bertz CT molecular complexity index is 486. The van der Waals surface area contributed by atoms with Crippen LogP contribution in [0.4, 0.5) is 0 Å². The van der Waals surface area contributed by atoms with Gasteiger partial charge in [0.1, 0.15) is 6.61 Å². The van der Waals surface area contributed by atoms with E-state index < -0.39 is 0 Å². The summed E-state index contributed by atoms with van der Waals surface area (Å²) < 4.78 is 0. The number of rotatable bonds is 3. The highest BCUT2D eigenvalue weighted by Crippen LogP contribution is 2.11. The van der Waals surface area contributed by atoms with Crippen molar-refractivity contribution in [1.29, 1.82) is 0 Å². The molecule has 1 aromatic rings. The topological polar surface area (TPSA) is 60.8 Å². The van der Waals surface area contributed by atoms with E-state index >= 15 is 0 Å². The lowest BCUT2D eigenvalue weighted by atomic mass is 10.0. The molecule has 0 aliphatic carbocycles. The highest BCUT2D eigenvalue weighted by Gasteiger charge is 2.11. The Kier molecular flexibility index (Phi) is 5.37. The minimum Gasteiger partial charge on any atom is -0.395 e. The molecule has 0 saturated carbocycles. The standard InChI is InChI=1S/C14H17NO3/c1-11-5-6-13(10-12(11)4-3-8-16)14(18)15(2)7-9-17/h5-6,10,16-17H,7-9H2,1-2H3. The Morgan fingerprint density at radius 1 is 1.39 bits per heavy atom. The zero-order chi connectivity index (χ0) is 13.5. The minimum atomic E-state index is -0.206. The van der Waals surface area contributed by atoms with E-state index in [0.717, 1.165) is 11.1 Å². The fourth-order valence-electron chi connectivity index (χ4n) is 1.50. The van der Waals surface area contributed by atoms with Gasteiger partial charge in [0.05, 0.1) is 6.61 Å². The molecule has 0 bridgehead atoms. The van der Waals surface area contributed by atoms with Gasteiger partial charge >= 0.3 is 0 Å². The fourth-order valence-corrected chi connectivity index (χ4v) is 1.50. The average molecular weight is 247 g/mol. The molecule has 0 aromatic heterocycles. The summed E-state index contributed by atoms with van der Waals surface area (Å²) in [4.78, 5) is 13.4. The first-order valence-electron chi connectivity index (χ1n) is 5.67. The van der Waals surface area contributed by atoms with Crippen LogP contribution in [0.15, 0.2) is 18.2 Å². The molecular formula is C14H17NO3. The predicted octanol–water partition coefficient (Wildman–Crippen LogP) is 0.403. The molecule has 18 heavy (non-hydrogen) atoms. The Balaban J connectivity index is 3.01. The van der Waals surface area contributed by atoms with Gasteiger partial charge in [-0.3, -0.25) is 4.79 Å². The Hall–Kier alpha value is -1.83. The second-order valence-corrected chi connectivity index (χ2v) is 3.94. The summed E-state index contributed by atoms with van der Waals surface area (Å²) in [5, 5.41) is 17.5. The number of benzene rings is 1. The van der Waals surface area contributed by atoms with Gasteiger partial charge in [-0.25, -0.2) is 0 Å². The van der Waals surface area contributed by atoms with E-state index in [1.165, 1.54) is 4.90 Å². The number of aliphatic hydroxyl groups is 2. The maximum absolute atomic E-state index is 12.0. The predicted molar refractivity (Wildman–Crippen MR) is 69.2 cm³/mol. The van der Waals surface area contributed by atoms with Crippen LogP contribution >= 0.6 is 0 Å². The second kappa shape index (κ2) is 6.80. The zero-order valence-electron chi connectivity index (χ0n) is 10.6. The van der Waals surface area contributed by atoms with Crippen LogP contribution in [0, 0.1) is 18.8 Å². The number of nitrogens with zero attached hydrogens (tertiary/aromatic N) is 1. The fraction of sp³-hybridized carbons (Fsp3) is 0.357. The van der Waals surface area contributed by atoms with Gasteiger partial charge in [-0.05, 0) is 24.6 Å². The summed E-state index contributed by atoms with van der Waals surface area (Å²) in [6, 6.07) is 5.26. The molecule has 1 rings (SSSR count). The normalized spacial score (nSPS) is 9.56. The quantitative estimate of drug-likeness (QED) is 0.760. The molecule has 0 aliphatic heterocycles. The molecule has 0 heterocycles. The number of aliphatic hydroxyl groups excluding tert-OH is 2. The summed E-state index contributed by atoms with van der Waals surface area (Å²) in [5.74, 6) is 5.22. The van der Waals surface area contributed by atoms with Crippen LogP contribution in [0.5, 0.6) is 0 Å². The highest BCUT2D eigenvalue weighted by atomic mass is 16.3. The lowest BCUT2D eigenvalue weighted by Gasteiger charge is -2.16. The van der Waals surface area contributed by atoms with Gasteiger partial charge < -0.3 is 15.1 Å². The largest absolute Gasteiger partial charge is 0.395 e. The first-order chi connectivity index (χ1) is 8.60. The molecule has 0 saturated heterocycles. The number of amides is 1. The van der Waals surface area contributed by atoms with Gasteiger partial charge in [0.15, 0.2) is 0 Å². The molecule has 96 valence electrons. The van der Waals surface area contributed by atoms with Crippen LogP contribution in [-0.4, -0.2) is 47.8 Å².